The summed E-state index contributed by atoms with van der Waals surface area (Å²) in [6.45, 7) is 3.34. The molecule has 0 atom stereocenters. The highest BCUT2D eigenvalue weighted by atomic mass is 19.1. The Kier molecular flexibility index (Phi) is 3.58. The number of nitrogens with zero attached hydrogens (tertiary/aromatic N) is 3. The molecule has 0 spiro atoms. The van der Waals surface area contributed by atoms with Crippen molar-refractivity contribution < 1.29 is 4.39 Å². The van der Waals surface area contributed by atoms with Gasteiger partial charge < -0.3 is 9.88 Å². The Bertz CT molecular complexity index is 583. The van der Waals surface area contributed by atoms with Crippen molar-refractivity contribution in [3.05, 3.63) is 47.8 Å². The van der Waals surface area contributed by atoms with Crippen molar-refractivity contribution in [1.29, 1.82) is 5.26 Å². The fraction of sp³-hybridized carbons (Fsp3) is 0.231. The molecule has 5 heteroatoms. The predicted molar refractivity (Wildman–Crippen MR) is 66.3 cm³/mol. The van der Waals surface area contributed by atoms with Crippen LogP contribution >= 0.6 is 0 Å². The molecular formula is C13H13FN4. The molecule has 0 fully saturated rings. The first-order chi connectivity index (χ1) is 8.74. The molecule has 0 saturated carbocycles. The maximum atomic E-state index is 13.6. The van der Waals surface area contributed by atoms with E-state index < -0.39 is 5.82 Å². The Balaban J connectivity index is 2.09. The van der Waals surface area contributed by atoms with Crippen LogP contribution in [0.1, 0.15) is 18.2 Å². The second-order valence-corrected chi connectivity index (χ2v) is 3.83. The third-order valence-corrected chi connectivity index (χ3v) is 2.70. The molecule has 18 heavy (non-hydrogen) atoms. The van der Waals surface area contributed by atoms with Gasteiger partial charge in [-0.2, -0.15) is 5.26 Å². The van der Waals surface area contributed by atoms with Gasteiger partial charge in [0.1, 0.15) is 5.82 Å². The predicted octanol–water partition coefficient (Wildman–Crippen LogP) is 2.53. The molecule has 1 heterocycles. The first kappa shape index (κ1) is 12.1. The van der Waals surface area contributed by atoms with Crippen LogP contribution in [0.15, 0.2) is 30.7 Å². The lowest BCUT2D eigenvalue weighted by atomic mass is 10.2. The first-order valence-electron chi connectivity index (χ1n) is 5.67. The molecule has 2 rings (SSSR count). The highest BCUT2D eigenvalue weighted by Gasteiger charge is 2.05. The summed E-state index contributed by atoms with van der Waals surface area (Å²) in [5, 5.41) is 11.6. The van der Waals surface area contributed by atoms with Crippen LogP contribution in [0.2, 0.25) is 0 Å². The van der Waals surface area contributed by atoms with Crippen LogP contribution in [0.3, 0.4) is 0 Å². The molecule has 0 aliphatic heterocycles. The number of rotatable bonds is 4. The molecule has 1 aromatic heterocycles. The van der Waals surface area contributed by atoms with E-state index in [4.69, 9.17) is 5.26 Å². The number of hydrogen-bond donors (Lipinski definition) is 1. The van der Waals surface area contributed by atoms with Gasteiger partial charge in [0.15, 0.2) is 0 Å². The lowest BCUT2D eigenvalue weighted by molar-refractivity contribution is 0.628. The second kappa shape index (κ2) is 5.32. The van der Waals surface area contributed by atoms with E-state index in [0.29, 0.717) is 17.8 Å². The van der Waals surface area contributed by atoms with Gasteiger partial charge in [0.05, 0.1) is 35.9 Å². The van der Waals surface area contributed by atoms with Crippen LogP contribution in [0.5, 0.6) is 0 Å². The van der Waals surface area contributed by atoms with Crippen molar-refractivity contribution in [2.45, 2.75) is 20.0 Å². The highest BCUT2D eigenvalue weighted by Crippen LogP contribution is 2.16. The third kappa shape index (κ3) is 2.48. The summed E-state index contributed by atoms with van der Waals surface area (Å²) in [6.07, 6.45) is 3.49. The van der Waals surface area contributed by atoms with Gasteiger partial charge in [-0.25, -0.2) is 9.37 Å². The zero-order valence-electron chi connectivity index (χ0n) is 10.0. The van der Waals surface area contributed by atoms with Crippen LogP contribution in [0, 0.1) is 17.1 Å². The Labute approximate surface area is 105 Å². The van der Waals surface area contributed by atoms with Gasteiger partial charge in [0.2, 0.25) is 0 Å². The van der Waals surface area contributed by atoms with Gasteiger partial charge in [-0.1, -0.05) is 0 Å². The normalized spacial score (nSPS) is 10.1. The SMILES string of the molecule is CCn1cncc1CNc1ccc(C#N)cc1F. The number of imidazole rings is 1. The van der Waals surface area contributed by atoms with Crippen LogP contribution in [-0.4, -0.2) is 9.55 Å². The standard InChI is InChI=1S/C13H13FN4/c1-2-18-9-16-7-11(18)8-17-13-4-3-10(6-15)5-12(13)14/h3-5,7,9,17H,2,8H2,1H3. The van der Waals surface area contributed by atoms with E-state index in [-0.39, 0.29) is 0 Å². The number of anilines is 1. The number of halogens is 1. The zero-order valence-corrected chi connectivity index (χ0v) is 10.0. The van der Waals surface area contributed by atoms with E-state index in [1.807, 2.05) is 17.6 Å². The maximum Gasteiger partial charge on any atom is 0.147 e. The van der Waals surface area contributed by atoms with Crippen molar-refractivity contribution in [2.75, 3.05) is 5.32 Å². The van der Waals surface area contributed by atoms with Gasteiger partial charge in [-0.05, 0) is 25.1 Å². The summed E-state index contributed by atoms with van der Waals surface area (Å²) in [5.74, 6) is -0.420. The lowest BCUT2D eigenvalue weighted by Gasteiger charge is -2.09. The minimum absolute atomic E-state index is 0.316. The minimum Gasteiger partial charge on any atom is -0.377 e. The average molecular weight is 244 g/mol. The van der Waals surface area contributed by atoms with Gasteiger partial charge in [-0.15, -0.1) is 0 Å². The van der Waals surface area contributed by atoms with Crippen LogP contribution in [0.4, 0.5) is 10.1 Å². The molecule has 0 saturated heterocycles. The summed E-state index contributed by atoms with van der Waals surface area (Å²) in [6, 6.07) is 6.28. The molecule has 1 N–H and O–H groups in total. The molecule has 0 bridgehead atoms. The molecule has 0 amide bonds. The molecule has 0 aliphatic carbocycles. The maximum absolute atomic E-state index is 13.6. The van der Waals surface area contributed by atoms with E-state index in [2.05, 4.69) is 10.3 Å². The van der Waals surface area contributed by atoms with Crippen LogP contribution in [0.25, 0.3) is 0 Å². The van der Waals surface area contributed by atoms with Gasteiger partial charge in [-0.3, -0.25) is 0 Å². The smallest absolute Gasteiger partial charge is 0.147 e. The van der Waals surface area contributed by atoms with E-state index in [1.54, 1.807) is 24.7 Å². The second-order valence-electron chi connectivity index (χ2n) is 3.83. The van der Waals surface area contributed by atoms with Crippen molar-refractivity contribution in [3.8, 4) is 6.07 Å². The van der Waals surface area contributed by atoms with Gasteiger partial charge in [0.25, 0.3) is 0 Å². The van der Waals surface area contributed by atoms with Crippen molar-refractivity contribution in [3.63, 3.8) is 0 Å². The number of aromatic nitrogens is 2. The quantitative estimate of drug-likeness (QED) is 0.899. The average Bonchev–Trinajstić information content (AvgIpc) is 2.84. The number of benzene rings is 1. The molecular weight excluding hydrogens is 231 g/mol. The fourth-order valence-corrected chi connectivity index (χ4v) is 1.69. The van der Waals surface area contributed by atoms with Crippen molar-refractivity contribution in [2.24, 2.45) is 0 Å². The highest BCUT2D eigenvalue weighted by molar-refractivity contribution is 5.48. The zero-order chi connectivity index (χ0) is 13.0. The largest absolute Gasteiger partial charge is 0.377 e. The minimum atomic E-state index is -0.420. The van der Waals surface area contributed by atoms with E-state index >= 15 is 0 Å². The first-order valence-corrected chi connectivity index (χ1v) is 5.67. The van der Waals surface area contributed by atoms with Gasteiger partial charge >= 0.3 is 0 Å². The van der Waals surface area contributed by atoms with Crippen molar-refractivity contribution in [1.82, 2.24) is 9.55 Å². The lowest BCUT2D eigenvalue weighted by Crippen LogP contribution is -2.07. The third-order valence-electron chi connectivity index (χ3n) is 2.70. The number of aryl methyl sites for hydroxylation is 1. The van der Waals surface area contributed by atoms with Crippen molar-refractivity contribution >= 4 is 5.69 Å². The Hall–Kier alpha value is -2.35. The number of nitrogens with one attached hydrogen (secondary N) is 1. The summed E-state index contributed by atoms with van der Waals surface area (Å²) in [4.78, 5) is 4.04. The molecule has 2 aromatic rings. The Morgan fingerprint density at radius 1 is 1.50 bits per heavy atom. The molecule has 0 radical (unpaired) electrons. The molecule has 0 unspecified atom stereocenters. The molecule has 4 nitrogen and oxygen atoms in total. The Morgan fingerprint density at radius 3 is 3.00 bits per heavy atom. The summed E-state index contributed by atoms with van der Waals surface area (Å²) >= 11 is 0. The number of hydrogen-bond acceptors (Lipinski definition) is 3. The molecule has 0 aliphatic rings. The molecule has 92 valence electrons. The summed E-state index contributed by atoms with van der Waals surface area (Å²) < 4.78 is 15.6. The Morgan fingerprint density at radius 2 is 2.33 bits per heavy atom. The van der Waals surface area contributed by atoms with Crippen LogP contribution in [-0.2, 0) is 13.1 Å². The summed E-state index contributed by atoms with van der Waals surface area (Å²) in [7, 11) is 0. The van der Waals surface area contributed by atoms with Gasteiger partial charge in [0, 0.05) is 12.7 Å². The summed E-state index contributed by atoms with van der Waals surface area (Å²) in [5.41, 5.74) is 1.69. The monoisotopic (exact) mass is 244 g/mol. The molecule has 1 aromatic carbocycles. The number of nitriles is 1. The van der Waals surface area contributed by atoms with Crippen LogP contribution < -0.4 is 5.32 Å². The van der Waals surface area contributed by atoms with E-state index in [0.717, 1.165) is 12.2 Å². The topological polar surface area (TPSA) is 53.6 Å². The van der Waals surface area contributed by atoms with E-state index in [1.165, 1.54) is 6.07 Å². The van der Waals surface area contributed by atoms with E-state index in [9.17, 15) is 4.39 Å². The fourth-order valence-electron chi connectivity index (χ4n) is 1.69.